The molecule has 0 heterocycles. The second-order valence-corrected chi connectivity index (χ2v) is 1.59. The van der Waals surface area contributed by atoms with Gasteiger partial charge in [0, 0.05) is 0 Å². The second kappa shape index (κ2) is 4.35. The van der Waals surface area contributed by atoms with E-state index in [1.807, 2.05) is 6.92 Å². The predicted octanol–water partition coefficient (Wildman–Crippen LogP) is -1.42. The molecule has 0 fully saturated rings. The average Bonchev–Trinajstić information content (AvgIpc) is 1.82. The number of carboxylic acids is 1. The second-order valence-electron chi connectivity index (χ2n) is 1.59. The number of nitrogens with two attached hydrogens (primary N) is 1. The summed E-state index contributed by atoms with van der Waals surface area (Å²) in [4.78, 5) is 10.0. The van der Waals surface area contributed by atoms with Crippen molar-refractivity contribution in [2.24, 2.45) is 5.73 Å². The lowest BCUT2D eigenvalue weighted by atomic mass is 9.83. The minimum absolute atomic E-state index is 0.695. The van der Waals surface area contributed by atoms with Gasteiger partial charge in [-0.05, 0) is 6.54 Å². The molecular weight excluding hydrogens is 119 g/mol. The Hall–Kier alpha value is -0.545. The number of carbonyl (C=O) groups is 1. The Kier molecular flexibility index (Phi) is 4.08. The van der Waals surface area contributed by atoms with Gasteiger partial charge < -0.3 is 16.1 Å². The first kappa shape index (κ1) is 8.45. The number of rotatable bonds is 4. The maximum atomic E-state index is 10.0. The molecule has 0 saturated carbocycles. The Morgan fingerprint density at radius 1 is 2.00 bits per heavy atom. The van der Waals surface area contributed by atoms with E-state index in [-0.39, 0.29) is 0 Å². The Balaban J connectivity index is 3.27. The van der Waals surface area contributed by atoms with E-state index < -0.39 is 11.9 Å². The summed E-state index contributed by atoms with van der Waals surface area (Å²) in [6.45, 7) is 2.56. The topological polar surface area (TPSA) is 75.3 Å². The van der Waals surface area contributed by atoms with Gasteiger partial charge in [-0.3, -0.25) is 4.79 Å². The molecule has 1 atom stereocenters. The van der Waals surface area contributed by atoms with Crippen molar-refractivity contribution < 1.29 is 9.90 Å². The quantitative estimate of drug-likeness (QED) is 0.407. The van der Waals surface area contributed by atoms with Gasteiger partial charge in [0.2, 0.25) is 7.41 Å². The predicted molar refractivity (Wildman–Crippen MR) is 35.0 cm³/mol. The van der Waals surface area contributed by atoms with Crippen LogP contribution in [0.15, 0.2) is 0 Å². The molecule has 5 heteroatoms. The van der Waals surface area contributed by atoms with Crippen LogP contribution in [0.3, 0.4) is 0 Å². The normalized spacial score (nSPS) is 12.7. The zero-order chi connectivity index (χ0) is 7.28. The first-order valence-electron chi connectivity index (χ1n) is 2.73. The van der Waals surface area contributed by atoms with Crippen molar-refractivity contribution in [1.29, 1.82) is 0 Å². The molecule has 0 aromatic heterocycles. The van der Waals surface area contributed by atoms with Crippen molar-refractivity contribution in [3.63, 3.8) is 0 Å². The van der Waals surface area contributed by atoms with E-state index in [0.717, 1.165) is 0 Å². The van der Waals surface area contributed by atoms with Gasteiger partial charge in [-0.1, -0.05) is 6.92 Å². The van der Waals surface area contributed by atoms with E-state index in [1.54, 1.807) is 0 Å². The van der Waals surface area contributed by atoms with Crippen LogP contribution in [0, 0.1) is 0 Å². The molecule has 51 valence electrons. The number of hydrogen-bond acceptors (Lipinski definition) is 3. The van der Waals surface area contributed by atoms with Gasteiger partial charge >= 0.3 is 5.97 Å². The van der Waals surface area contributed by atoms with Crippen molar-refractivity contribution in [3.8, 4) is 0 Å². The maximum Gasteiger partial charge on any atom is 0.313 e. The molecule has 0 rings (SSSR count). The average molecular weight is 129 g/mol. The summed E-state index contributed by atoms with van der Waals surface area (Å²) in [6.07, 6.45) is 0. The van der Waals surface area contributed by atoms with Crippen molar-refractivity contribution in [3.05, 3.63) is 0 Å². The van der Waals surface area contributed by atoms with Crippen LogP contribution in [0.1, 0.15) is 6.92 Å². The van der Waals surface area contributed by atoms with Crippen LogP contribution in [-0.4, -0.2) is 31.0 Å². The van der Waals surface area contributed by atoms with Gasteiger partial charge in [0.1, 0.15) is 0 Å². The summed E-state index contributed by atoms with van der Waals surface area (Å²) in [6, 6.07) is 0. The highest BCUT2D eigenvalue weighted by Crippen LogP contribution is 1.70. The molecule has 4 N–H and O–H groups in total. The smallest absolute Gasteiger partial charge is 0.313 e. The van der Waals surface area contributed by atoms with E-state index in [9.17, 15) is 4.79 Å². The third kappa shape index (κ3) is 3.99. The summed E-state index contributed by atoms with van der Waals surface area (Å²) >= 11 is 0. The van der Waals surface area contributed by atoms with Gasteiger partial charge in [-0.15, -0.1) is 0 Å². The zero-order valence-corrected chi connectivity index (χ0v) is 5.29. The molecule has 4 nitrogen and oxygen atoms in total. The largest absolute Gasteiger partial charge is 0.481 e. The summed E-state index contributed by atoms with van der Waals surface area (Å²) in [5, 5.41) is 10.9. The summed E-state index contributed by atoms with van der Waals surface area (Å²) in [7, 11) is 1.35. The van der Waals surface area contributed by atoms with Gasteiger partial charge in [-0.25, -0.2) is 0 Å². The number of carboxylic acid groups (broad SMARTS) is 1. The van der Waals surface area contributed by atoms with Crippen LogP contribution in [0.5, 0.6) is 0 Å². The van der Waals surface area contributed by atoms with Crippen molar-refractivity contribution in [2.75, 3.05) is 6.54 Å². The SMILES string of the molecule is CCN[B]C(N)C(=O)O. The van der Waals surface area contributed by atoms with E-state index in [4.69, 9.17) is 10.8 Å². The molecule has 0 bridgehead atoms. The van der Waals surface area contributed by atoms with Crippen LogP contribution < -0.4 is 11.0 Å². The molecule has 0 aromatic carbocycles. The van der Waals surface area contributed by atoms with Gasteiger partial charge in [0.25, 0.3) is 0 Å². The first-order chi connectivity index (χ1) is 4.18. The molecule has 0 aliphatic heterocycles. The molecule has 0 aliphatic rings. The monoisotopic (exact) mass is 129 g/mol. The maximum absolute atomic E-state index is 10.0. The highest BCUT2D eigenvalue weighted by atomic mass is 16.4. The van der Waals surface area contributed by atoms with Gasteiger partial charge in [0.15, 0.2) is 0 Å². The van der Waals surface area contributed by atoms with E-state index in [0.29, 0.717) is 6.54 Å². The number of aliphatic carboxylic acids is 1. The lowest BCUT2D eigenvalue weighted by Gasteiger charge is -2.02. The van der Waals surface area contributed by atoms with E-state index in [1.165, 1.54) is 7.41 Å². The lowest BCUT2D eigenvalue weighted by molar-refractivity contribution is -0.136. The number of hydrogen-bond donors (Lipinski definition) is 3. The molecule has 0 amide bonds. The van der Waals surface area contributed by atoms with E-state index >= 15 is 0 Å². The van der Waals surface area contributed by atoms with Crippen molar-refractivity contribution in [2.45, 2.75) is 12.9 Å². The Bertz CT molecular complexity index is 98.6. The van der Waals surface area contributed by atoms with Crippen molar-refractivity contribution >= 4 is 13.4 Å². The fraction of sp³-hybridized carbons (Fsp3) is 0.750. The van der Waals surface area contributed by atoms with Gasteiger partial charge in [0.05, 0.1) is 5.94 Å². The Morgan fingerprint density at radius 3 is 2.89 bits per heavy atom. The molecule has 1 unspecified atom stereocenters. The molecule has 0 spiro atoms. The third-order valence-corrected chi connectivity index (χ3v) is 0.787. The van der Waals surface area contributed by atoms with Crippen LogP contribution in [-0.2, 0) is 4.79 Å². The minimum Gasteiger partial charge on any atom is -0.481 e. The molecule has 0 aliphatic carbocycles. The first-order valence-corrected chi connectivity index (χ1v) is 2.73. The zero-order valence-electron chi connectivity index (χ0n) is 5.29. The molecular formula is C4H10BN2O2. The summed E-state index contributed by atoms with van der Waals surface area (Å²) < 4.78 is 0. The standard InChI is InChI=1S/C4H10BN2O2/c1-2-7-5-3(6)4(8)9/h3,7H,2,6H2,1H3,(H,8,9). The van der Waals surface area contributed by atoms with E-state index in [2.05, 4.69) is 5.23 Å². The van der Waals surface area contributed by atoms with Gasteiger partial charge in [-0.2, -0.15) is 0 Å². The highest BCUT2D eigenvalue weighted by Gasteiger charge is 2.10. The lowest BCUT2D eigenvalue weighted by Crippen LogP contribution is -2.43. The number of nitrogens with one attached hydrogen (secondary N) is 1. The molecule has 0 saturated heterocycles. The fourth-order valence-corrected chi connectivity index (χ4v) is 0.316. The van der Waals surface area contributed by atoms with Crippen LogP contribution >= 0.6 is 0 Å². The minimum atomic E-state index is -1.02. The van der Waals surface area contributed by atoms with Crippen LogP contribution in [0.25, 0.3) is 0 Å². The van der Waals surface area contributed by atoms with Crippen LogP contribution in [0.2, 0.25) is 0 Å². The Labute approximate surface area is 54.7 Å². The van der Waals surface area contributed by atoms with Crippen LogP contribution in [0.4, 0.5) is 0 Å². The molecule has 9 heavy (non-hydrogen) atoms. The highest BCUT2D eigenvalue weighted by molar-refractivity contribution is 6.40. The molecule has 1 radical (unpaired) electrons. The summed E-state index contributed by atoms with van der Waals surface area (Å²) in [5.41, 5.74) is 5.08. The molecule has 0 aromatic rings. The fourth-order valence-electron chi connectivity index (χ4n) is 0.316. The Morgan fingerprint density at radius 2 is 2.56 bits per heavy atom. The summed E-state index contributed by atoms with van der Waals surface area (Å²) in [5.74, 6) is -1.92. The third-order valence-electron chi connectivity index (χ3n) is 0.787. The van der Waals surface area contributed by atoms with Crippen molar-refractivity contribution in [1.82, 2.24) is 5.23 Å².